The fraction of sp³-hybridized carbons (Fsp3) is 1.00. The van der Waals surface area contributed by atoms with E-state index in [-0.39, 0.29) is 31.9 Å². The Morgan fingerprint density at radius 2 is 1.00 bits per heavy atom. The minimum absolute atomic E-state index is 0.0787. The van der Waals surface area contributed by atoms with Crippen molar-refractivity contribution in [1.29, 1.82) is 0 Å². The van der Waals surface area contributed by atoms with Crippen LogP contribution >= 0.6 is 0 Å². The van der Waals surface area contributed by atoms with E-state index in [1.165, 1.54) is 0 Å². The van der Waals surface area contributed by atoms with Crippen LogP contribution in [0.3, 0.4) is 0 Å². The number of hydrogen-bond acceptors (Lipinski definition) is 0. The Labute approximate surface area is 99.8 Å². The van der Waals surface area contributed by atoms with Gasteiger partial charge in [0.15, 0.2) is 0 Å². The molecular formula is C10H22F4Si2. The van der Waals surface area contributed by atoms with E-state index >= 15 is 0 Å². The van der Waals surface area contributed by atoms with Crippen molar-refractivity contribution >= 4 is 19.0 Å². The first-order chi connectivity index (χ1) is 7.63. The summed E-state index contributed by atoms with van der Waals surface area (Å²) >= 11 is 0. The zero-order valence-corrected chi connectivity index (χ0v) is 12.6. The molecule has 0 saturated carbocycles. The molecule has 0 unspecified atom stereocenters. The summed E-state index contributed by atoms with van der Waals surface area (Å²) in [5, 5.41) is 0. The zero-order chi connectivity index (χ0) is 12.2. The summed E-state index contributed by atoms with van der Waals surface area (Å²) in [6.07, 6.45) is -1.83. The van der Waals surface area contributed by atoms with Crippen LogP contribution in [-0.2, 0) is 0 Å². The first-order valence-corrected chi connectivity index (χ1v) is 10.2. The lowest BCUT2D eigenvalue weighted by atomic mass is 10.4. The van der Waals surface area contributed by atoms with E-state index in [1.54, 1.807) is 0 Å². The highest BCUT2D eigenvalue weighted by Gasteiger charge is 2.02. The molecule has 0 spiro atoms. The van der Waals surface area contributed by atoms with Gasteiger partial charge in [0.2, 0.25) is 12.9 Å². The van der Waals surface area contributed by atoms with Crippen LogP contribution in [0.4, 0.5) is 17.6 Å². The second-order valence-electron chi connectivity index (χ2n) is 4.19. The number of unbranched alkanes of at least 4 members (excludes halogenated alkanes) is 1. The molecule has 0 aliphatic heterocycles. The Morgan fingerprint density at radius 1 is 0.625 bits per heavy atom. The smallest absolute Gasteiger partial charge is 0.211 e. The molecule has 0 aromatic carbocycles. The lowest BCUT2D eigenvalue weighted by Gasteiger charge is -2.01. The van der Waals surface area contributed by atoms with Crippen LogP contribution in [0.5, 0.6) is 0 Å². The van der Waals surface area contributed by atoms with E-state index in [1.807, 2.05) is 0 Å². The molecule has 6 heteroatoms. The van der Waals surface area contributed by atoms with E-state index in [0.29, 0.717) is 0 Å². The molecule has 0 bridgehead atoms. The van der Waals surface area contributed by atoms with Gasteiger partial charge in [0.05, 0.1) is 0 Å². The zero-order valence-electron chi connectivity index (χ0n) is 9.74. The molecule has 0 radical (unpaired) electrons. The highest BCUT2D eigenvalue weighted by atomic mass is 28.2. The topological polar surface area (TPSA) is 0 Å². The normalized spacial score (nSPS) is 13.1. The van der Waals surface area contributed by atoms with Gasteiger partial charge in [0.25, 0.3) is 0 Å². The molecule has 98 valence electrons. The summed E-state index contributed by atoms with van der Waals surface area (Å²) < 4.78 is 47.1. The summed E-state index contributed by atoms with van der Waals surface area (Å²) in [6, 6.07) is 3.80. The van der Waals surface area contributed by atoms with Gasteiger partial charge in [-0.3, -0.25) is 0 Å². The van der Waals surface area contributed by atoms with Gasteiger partial charge in [-0.25, -0.2) is 17.6 Å². The lowest BCUT2D eigenvalue weighted by molar-refractivity contribution is 0.143. The quantitative estimate of drug-likeness (QED) is 0.308. The molecule has 0 nitrogen and oxygen atoms in total. The number of alkyl halides is 4. The Balaban J connectivity index is 2.93. The van der Waals surface area contributed by atoms with E-state index in [0.717, 1.165) is 37.0 Å². The van der Waals surface area contributed by atoms with Gasteiger partial charge in [0, 0.05) is 31.9 Å². The minimum Gasteiger partial charge on any atom is -0.211 e. The van der Waals surface area contributed by atoms with Gasteiger partial charge in [-0.2, -0.15) is 0 Å². The van der Waals surface area contributed by atoms with Gasteiger partial charge >= 0.3 is 0 Å². The highest BCUT2D eigenvalue weighted by molar-refractivity contribution is 6.36. The van der Waals surface area contributed by atoms with Gasteiger partial charge in [-0.1, -0.05) is 37.0 Å². The predicted octanol–water partition coefficient (Wildman–Crippen LogP) is 3.09. The van der Waals surface area contributed by atoms with Crippen LogP contribution < -0.4 is 0 Å². The molecule has 0 aromatic rings. The fourth-order valence-corrected chi connectivity index (χ4v) is 4.97. The number of hydrogen-bond donors (Lipinski definition) is 0. The Kier molecular flexibility index (Phi) is 11.7. The number of rotatable bonds is 11. The van der Waals surface area contributed by atoms with E-state index in [9.17, 15) is 17.6 Å². The van der Waals surface area contributed by atoms with Crippen molar-refractivity contribution < 1.29 is 17.6 Å². The van der Waals surface area contributed by atoms with Crippen molar-refractivity contribution in [3.05, 3.63) is 0 Å². The molecule has 16 heavy (non-hydrogen) atoms. The van der Waals surface area contributed by atoms with Gasteiger partial charge in [0.1, 0.15) is 0 Å². The van der Waals surface area contributed by atoms with Crippen molar-refractivity contribution in [2.45, 2.75) is 62.7 Å². The first-order valence-electron chi connectivity index (χ1n) is 6.19. The molecule has 0 heterocycles. The first kappa shape index (κ1) is 16.2. The maximum absolute atomic E-state index is 11.8. The van der Waals surface area contributed by atoms with Gasteiger partial charge in [-0.05, 0) is 0 Å². The second-order valence-corrected chi connectivity index (χ2v) is 8.43. The van der Waals surface area contributed by atoms with Crippen LogP contribution in [0.25, 0.3) is 0 Å². The van der Waals surface area contributed by atoms with Crippen LogP contribution in [0, 0.1) is 0 Å². The standard InChI is InChI=1S/C10H22F4Si2/c11-9(12)3-7-15-5-1-2-6-16-8-4-10(13)14/h9-10H,1-8,15-16H2. The van der Waals surface area contributed by atoms with Crippen LogP contribution in [0.2, 0.25) is 24.2 Å². The molecular weight excluding hydrogens is 252 g/mol. The second kappa shape index (κ2) is 11.6. The fourth-order valence-electron chi connectivity index (χ4n) is 1.66. The van der Waals surface area contributed by atoms with E-state index < -0.39 is 12.9 Å². The summed E-state index contributed by atoms with van der Waals surface area (Å²) in [5.41, 5.74) is 0. The Morgan fingerprint density at radius 3 is 1.31 bits per heavy atom. The molecule has 0 N–H and O–H groups in total. The highest BCUT2D eigenvalue weighted by Crippen LogP contribution is 2.09. The molecule has 0 rings (SSSR count). The van der Waals surface area contributed by atoms with Crippen molar-refractivity contribution in [3.63, 3.8) is 0 Å². The summed E-state index contributed by atoms with van der Waals surface area (Å²) in [6.45, 7) is 0. The maximum Gasteiger partial charge on any atom is 0.238 e. The largest absolute Gasteiger partial charge is 0.238 e. The molecule has 0 aliphatic carbocycles. The van der Waals surface area contributed by atoms with Crippen molar-refractivity contribution in [3.8, 4) is 0 Å². The summed E-state index contributed by atoms with van der Waals surface area (Å²) in [4.78, 5) is 0. The molecule has 0 aromatic heterocycles. The molecule has 0 amide bonds. The average molecular weight is 274 g/mol. The Bertz CT molecular complexity index is 129. The third kappa shape index (κ3) is 14.2. The third-order valence-electron chi connectivity index (χ3n) is 2.59. The summed E-state index contributed by atoms with van der Waals surface area (Å²) in [7, 11) is -0.537. The average Bonchev–Trinajstić information content (AvgIpc) is 2.20. The number of halogens is 4. The van der Waals surface area contributed by atoms with Gasteiger partial charge < -0.3 is 0 Å². The SMILES string of the molecule is FC(F)CC[SiH2]CCCC[SiH2]CCC(F)F. The van der Waals surface area contributed by atoms with Crippen LogP contribution in [-0.4, -0.2) is 31.9 Å². The van der Waals surface area contributed by atoms with Crippen molar-refractivity contribution in [2.24, 2.45) is 0 Å². The predicted molar refractivity (Wildman–Crippen MR) is 66.8 cm³/mol. The maximum atomic E-state index is 11.8. The van der Waals surface area contributed by atoms with Crippen LogP contribution in [0.15, 0.2) is 0 Å². The van der Waals surface area contributed by atoms with Crippen molar-refractivity contribution in [1.82, 2.24) is 0 Å². The van der Waals surface area contributed by atoms with Gasteiger partial charge in [-0.15, -0.1) is 0 Å². The molecule has 0 atom stereocenters. The molecule has 0 fully saturated rings. The monoisotopic (exact) mass is 274 g/mol. The van der Waals surface area contributed by atoms with E-state index in [4.69, 9.17) is 0 Å². The molecule has 0 saturated heterocycles. The molecule has 0 aliphatic rings. The van der Waals surface area contributed by atoms with Crippen molar-refractivity contribution in [2.75, 3.05) is 0 Å². The Hall–Kier alpha value is 0.154. The third-order valence-corrected chi connectivity index (χ3v) is 6.41. The lowest BCUT2D eigenvalue weighted by Crippen LogP contribution is -1.97. The van der Waals surface area contributed by atoms with E-state index in [2.05, 4.69) is 0 Å². The van der Waals surface area contributed by atoms with Crippen LogP contribution in [0.1, 0.15) is 25.7 Å². The minimum atomic E-state index is -2.13. The summed E-state index contributed by atoms with van der Waals surface area (Å²) in [5.74, 6) is 0.